The molecule has 1 aromatic rings. The van der Waals surface area contributed by atoms with Crippen LogP contribution in [0, 0.1) is 10.8 Å². The second-order valence-corrected chi connectivity index (χ2v) is 5.91. The average Bonchev–Trinajstić information content (AvgIpc) is 2.53. The maximum Gasteiger partial charge on any atom is 0.416 e. The van der Waals surface area contributed by atoms with Crippen molar-refractivity contribution < 1.29 is 31.9 Å². The van der Waals surface area contributed by atoms with Gasteiger partial charge in [-0.05, 0) is 24.3 Å². The van der Waals surface area contributed by atoms with Gasteiger partial charge in [-0.1, -0.05) is 0 Å². The molecule has 2 rings (SSSR count). The van der Waals surface area contributed by atoms with Gasteiger partial charge in [0.1, 0.15) is 0 Å². The van der Waals surface area contributed by atoms with Gasteiger partial charge in [-0.15, -0.1) is 0 Å². The number of likely N-dealkylation sites (tertiary alicyclic amines) is 1. The van der Waals surface area contributed by atoms with E-state index >= 15 is 0 Å². The zero-order valence-corrected chi connectivity index (χ0v) is 14.8. The molecule has 1 aromatic carbocycles. The molecule has 12 heteroatoms. The van der Waals surface area contributed by atoms with E-state index in [-0.39, 0.29) is 43.5 Å². The molecule has 1 aliphatic rings. The second-order valence-electron chi connectivity index (χ2n) is 5.91. The van der Waals surface area contributed by atoms with Crippen LogP contribution >= 0.6 is 0 Å². The third kappa shape index (κ3) is 8.18. The molecule has 1 fully saturated rings. The number of rotatable bonds is 1. The van der Waals surface area contributed by atoms with Crippen LogP contribution in [-0.2, 0) is 11.0 Å². The highest BCUT2D eigenvalue weighted by molar-refractivity contribution is 6.02. The Labute approximate surface area is 157 Å². The fraction of sp³-hybridized carbons (Fsp3) is 0.438. The summed E-state index contributed by atoms with van der Waals surface area (Å²) in [5, 5.41) is 27.7. The highest BCUT2D eigenvalue weighted by atomic mass is 19.4. The molecule has 0 saturated carbocycles. The maximum absolute atomic E-state index is 13.1. The first-order chi connectivity index (χ1) is 12.8. The molecular formula is C16H20F5N5O2. The van der Waals surface area contributed by atoms with E-state index in [0.717, 1.165) is 31.2 Å². The van der Waals surface area contributed by atoms with Crippen molar-refractivity contribution in [3.63, 3.8) is 0 Å². The largest absolute Gasteiger partial charge is 0.481 e. The number of alkyl halides is 5. The number of nitrogens with one attached hydrogen (secondary N) is 4. The monoisotopic (exact) mass is 409 g/mol. The Morgan fingerprint density at radius 2 is 1.61 bits per heavy atom. The van der Waals surface area contributed by atoms with E-state index in [9.17, 15) is 22.0 Å². The van der Waals surface area contributed by atoms with E-state index in [4.69, 9.17) is 20.7 Å². The lowest BCUT2D eigenvalue weighted by atomic mass is 10.1. The van der Waals surface area contributed by atoms with Crippen LogP contribution in [0.25, 0.3) is 0 Å². The quantitative estimate of drug-likeness (QED) is 0.277. The molecule has 0 aliphatic carbocycles. The molecule has 1 aliphatic heterocycles. The number of guanidine groups is 2. The van der Waals surface area contributed by atoms with Crippen LogP contribution in [0.3, 0.4) is 0 Å². The van der Waals surface area contributed by atoms with E-state index in [1.54, 1.807) is 0 Å². The van der Waals surface area contributed by atoms with Crippen molar-refractivity contribution in [3.8, 4) is 0 Å². The molecule has 0 unspecified atom stereocenters. The van der Waals surface area contributed by atoms with Crippen molar-refractivity contribution in [1.82, 2.24) is 10.2 Å². The molecule has 0 atom stereocenters. The van der Waals surface area contributed by atoms with Crippen LogP contribution in [0.4, 0.5) is 27.6 Å². The first-order valence-corrected chi connectivity index (χ1v) is 8.01. The molecule has 0 aromatic heterocycles. The zero-order valence-electron chi connectivity index (χ0n) is 14.8. The first kappa shape index (κ1) is 23.1. The predicted octanol–water partition coefficient (Wildman–Crippen LogP) is 3.40. The number of carboxylic acid groups (broad SMARTS) is 1. The van der Waals surface area contributed by atoms with Gasteiger partial charge in [0.2, 0.25) is 0 Å². The number of halogens is 5. The number of aliphatic carboxylic acids is 1. The van der Waals surface area contributed by atoms with Gasteiger partial charge < -0.3 is 15.3 Å². The van der Waals surface area contributed by atoms with Crippen LogP contribution in [0.2, 0.25) is 0 Å². The Bertz CT molecular complexity index is 692. The molecule has 1 saturated heterocycles. The van der Waals surface area contributed by atoms with Crippen molar-refractivity contribution in [2.75, 3.05) is 18.4 Å². The average molecular weight is 409 g/mol. The number of hydrogen-bond donors (Lipinski definition) is 5. The molecule has 1 heterocycles. The SMILES string of the molecule is CC(=O)O.N=C(NC(=N)N1CCC(F)(F)CC1)Nc1ccc(C(F)(F)F)cc1. The van der Waals surface area contributed by atoms with Crippen molar-refractivity contribution in [2.45, 2.75) is 31.9 Å². The molecule has 28 heavy (non-hydrogen) atoms. The molecule has 0 radical (unpaired) electrons. The smallest absolute Gasteiger partial charge is 0.416 e. The lowest BCUT2D eigenvalue weighted by Gasteiger charge is -2.33. The van der Waals surface area contributed by atoms with Crippen LogP contribution in [-0.4, -0.2) is 46.9 Å². The molecule has 0 amide bonds. The minimum atomic E-state index is -4.44. The molecule has 0 bridgehead atoms. The van der Waals surface area contributed by atoms with Gasteiger partial charge in [0.15, 0.2) is 11.9 Å². The number of anilines is 1. The summed E-state index contributed by atoms with van der Waals surface area (Å²) < 4.78 is 63.5. The minimum Gasteiger partial charge on any atom is -0.481 e. The number of hydrogen-bond acceptors (Lipinski definition) is 3. The Balaban J connectivity index is 0.000000892. The number of carbonyl (C=O) groups is 1. The van der Waals surface area contributed by atoms with Crippen LogP contribution in [0.15, 0.2) is 24.3 Å². The van der Waals surface area contributed by atoms with Crippen molar-refractivity contribution in [1.29, 1.82) is 10.8 Å². The highest BCUT2D eigenvalue weighted by Gasteiger charge is 2.35. The van der Waals surface area contributed by atoms with Gasteiger partial charge in [-0.3, -0.25) is 20.9 Å². The third-order valence-corrected chi connectivity index (χ3v) is 3.54. The van der Waals surface area contributed by atoms with Crippen LogP contribution in [0.5, 0.6) is 0 Å². The lowest BCUT2D eigenvalue weighted by molar-refractivity contribution is -0.137. The summed E-state index contributed by atoms with van der Waals surface area (Å²) in [5.41, 5.74) is -0.576. The number of carboxylic acids is 1. The van der Waals surface area contributed by atoms with Crippen LogP contribution in [0.1, 0.15) is 25.3 Å². The molecule has 5 N–H and O–H groups in total. The molecule has 7 nitrogen and oxygen atoms in total. The zero-order chi connectivity index (χ0) is 21.5. The van der Waals surface area contributed by atoms with Gasteiger partial charge in [-0.25, -0.2) is 8.78 Å². The van der Waals surface area contributed by atoms with E-state index in [1.807, 2.05) is 0 Å². The molecule has 0 spiro atoms. The fourth-order valence-electron chi connectivity index (χ4n) is 2.17. The van der Waals surface area contributed by atoms with E-state index in [0.29, 0.717) is 0 Å². The molecule has 156 valence electrons. The van der Waals surface area contributed by atoms with Gasteiger partial charge in [-0.2, -0.15) is 13.2 Å². The Morgan fingerprint density at radius 3 is 2.04 bits per heavy atom. The number of benzene rings is 1. The van der Waals surface area contributed by atoms with Crippen molar-refractivity contribution in [3.05, 3.63) is 29.8 Å². The van der Waals surface area contributed by atoms with E-state index < -0.39 is 23.6 Å². The Morgan fingerprint density at radius 1 is 1.14 bits per heavy atom. The Hall–Kier alpha value is -2.92. The maximum atomic E-state index is 13.1. The summed E-state index contributed by atoms with van der Waals surface area (Å²) >= 11 is 0. The standard InChI is InChI=1S/C14H16F5N5.C2H4O2/c15-13(16)5-7-24(8-6-13)12(21)23-11(20)22-10-3-1-9(2-4-10)14(17,18)19;1-2(3)4/h1-4H,5-8H2,(H4,20,21,22,23);1H3,(H,3,4). The van der Waals surface area contributed by atoms with Crippen LogP contribution < -0.4 is 10.6 Å². The normalized spacial score (nSPS) is 15.7. The number of nitrogens with zero attached hydrogens (tertiary/aromatic N) is 1. The summed E-state index contributed by atoms with van der Waals surface area (Å²) in [6.07, 6.45) is -5.17. The van der Waals surface area contributed by atoms with E-state index in [1.165, 1.54) is 4.90 Å². The number of piperidine rings is 1. The Kier molecular flexibility index (Phi) is 7.70. The third-order valence-electron chi connectivity index (χ3n) is 3.54. The van der Waals surface area contributed by atoms with Gasteiger partial charge in [0.25, 0.3) is 11.9 Å². The minimum absolute atomic E-state index is 0.00755. The summed E-state index contributed by atoms with van der Waals surface area (Å²) in [7, 11) is 0. The summed E-state index contributed by atoms with van der Waals surface area (Å²) in [6.45, 7) is 1.07. The lowest BCUT2D eigenvalue weighted by Crippen LogP contribution is -2.50. The summed E-state index contributed by atoms with van der Waals surface area (Å²) in [4.78, 5) is 10.4. The fourth-order valence-corrected chi connectivity index (χ4v) is 2.17. The second kappa shape index (κ2) is 9.33. The highest BCUT2D eigenvalue weighted by Crippen LogP contribution is 2.30. The first-order valence-electron chi connectivity index (χ1n) is 8.01. The van der Waals surface area contributed by atoms with Gasteiger partial charge in [0.05, 0.1) is 5.56 Å². The van der Waals surface area contributed by atoms with Crippen molar-refractivity contribution in [2.24, 2.45) is 0 Å². The van der Waals surface area contributed by atoms with E-state index in [2.05, 4.69) is 10.6 Å². The summed E-state index contributed by atoms with van der Waals surface area (Å²) in [6, 6.07) is 4.05. The van der Waals surface area contributed by atoms with Gasteiger partial charge in [0, 0.05) is 38.5 Å². The van der Waals surface area contributed by atoms with Crippen molar-refractivity contribution >= 4 is 23.6 Å². The van der Waals surface area contributed by atoms with Gasteiger partial charge >= 0.3 is 6.18 Å². The molecular weight excluding hydrogens is 389 g/mol. The topological polar surface area (TPSA) is 112 Å². The predicted molar refractivity (Wildman–Crippen MR) is 92.7 cm³/mol. The summed E-state index contributed by atoms with van der Waals surface area (Å²) in [5.74, 6) is -4.12.